The molecule has 0 aromatic carbocycles. The van der Waals surface area contributed by atoms with Gasteiger partial charge in [-0.15, -0.1) is 0 Å². The van der Waals surface area contributed by atoms with E-state index in [9.17, 15) is 9.90 Å². The maximum atomic E-state index is 13.0. The summed E-state index contributed by atoms with van der Waals surface area (Å²) in [6.45, 7) is 4.47. The summed E-state index contributed by atoms with van der Waals surface area (Å²) in [5, 5.41) is 14.3. The molecule has 42 heavy (non-hydrogen) atoms. The Labute approximate surface area is 245 Å². The molecule has 1 unspecified atom stereocenters. The van der Waals surface area contributed by atoms with Gasteiger partial charge in [0.1, 0.15) is 11.3 Å². The Balaban J connectivity index is 1.01. The van der Waals surface area contributed by atoms with E-state index in [2.05, 4.69) is 32.2 Å². The Morgan fingerprint density at radius 1 is 1.05 bits per heavy atom. The summed E-state index contributed by atoms with van der Waals surface area (Å²) in [4.78, 5) is 39.2. The number of aliphatic hydroxyl groups is 1. The molecular formula is C31H38N8O3. The highest BCUT2D eigenvalue weighted by Gasteiger charge is 2.41. The lowest BCUT2D eigenvalue weighted by Gasteiger charge is -2.33. The molecular weight excluding hydrogens is 532 g/mol. The molecule has 0 radical (unpaired) electrons. The van der Waals surface area contributed by atoms with Gasteiger partial charge in [-0.25, -0.2) is 19.9 Å². The number of nitrogens with zero attached hydrogens (tertiary/aromatic N) is 7. The number of nitrogens with one attached hydrogen (secondary N) is 1. The van der Waals surface area contributed by atoms with Gasteiger partial charge in [-0.05, 0) is 62.8 Å². The maximum absolute atomic E-state index is 13.0. The zero-order valence-electron chi connectivity index (χ0n) is 23.9. The SMILES string of the molecule is O=C(CN1CCCC(O)C1)N1CCc2nc(Nc3ncc4cc(C5COC5)nc(N5C6CCC5CC6)c4n3)ccc2C1. The van der Waals surface area contributed by atoms with Gasteiger partial charge in [0.2, 0.25) is 11.9 Å². The number of aromatic nitrogens is 4. The van der Waals surface area contributed by atoms with Crippen LogP contribution in [0.3, 0.4) is 0 Å². The van der Waals surface area contributed by atoms with Crippen molar-refractivity contribution in [1.29, 1.82) is 0 Å². The molecule has 2 N–H and O–H groups in total. The van der Waals surface area contributed by atoms with Gasteiger partial charge in [0.15, 0.2) is 5.82 Å². The number of rotatable bonds is 6. The first kappa shape index (κ1) is 26.2. The number of hydrogen-bond donors (Lipinski definition) is 2. The fourth-order valence-electron chi connectivity index (χ4n) is 7.44. The molecule has 11 heteroatoms. The average Bonchev–Trinajstić information content (AvgIpc) is 3.56. The third-order valence-corrected chi connectivity index (χ3v) is 9.80. The van der Waals surface area contributed by atoms with Gasteiger partial charge in [-0.2, -0.15) is 0 Å². The van der Waals surface area contributed by atoms with E-state index in [0.717, 1.165) is 66.3 Å². The van der Waals surface area contributed by atoms with Crippen LogP contribution in [0.2, 0.25) is 0 Å². The van der Waals surface area contributed by atoms with Crippen LogP contribution in [-0.4, -0.2) is 98.3 Å². The quantitative estimate of drug-likeness (QED) is 0.458. The smallest absolute Gasteiger partial charge is 0.237 e. The molecule has 0 saturated carbocycles. The van der Waals surface area contributed by atoms with Crippen LogP contribution in [0.1, 0.15) is 61.4 Å². The number of anilines is 3. The summed E-state index contributed by atoms with van der Waals surface area (Å²) < 4.78 is 5.47. The molecule has 8 heterocycles. The highest BCUT2D eigenvalue weighted by atomic mass is 16.5. The second-order valence-electron chi connectivity index (χ2n) is 12.6. The third-order valence-electron chi connectivity index (χ3n) is 9.80. The molecule has 2 bridgehead atoms. The standard InChI is InChI=1S/C31H38N8O3/c40-24-2-1-10-37(15-24)16-28(41)38-11-9-25-19(14-38)3-8-27(33-25)35-31-32-13-20-12-26(21-17-42-18-21)34-30(29(20)36-31)39-22-4-5-23(39)7-6-22/h3,8,12-13,21-24,40H,1-2,4-7,9-11,14-18H2,(H,32,33,35,36). The summed E-state index contributed by atoms with van der Waals surface area (Å²) >= 11 is 0. The number of carbonyl (C=O) groups is 1. The summed E-state index contributed by atoms with van der Waals surface area (Å²) in [5.41, 5.74) is 4.05. The number of piperidine rings is 1. The average molecular weight is 571 g/mol. The van der Waals surface area contributed by atoms with E-state index >= 15 is 0 Å². The minimum atomic E-state index is -0.326. The van der Waals surface area contributed by atoms with Crippen molar-refractivity contribution in [1.82, 2.24) is 29.7 Å². The molecule has 220 valence electrons. The van der Waals surface area contributed by atoms with Crippen molar-refractivity contribution < 1.29 is 14.6 Å². The normalized spacial score (nSPS) is 26.0. The first-order valence-corrected chi connectivity index (χ1v) is 15.5. The second kappa shape index (κ2) is 10.7. The Bertz CT molecular complexity index is 1490. The molecule has 4 fully saturated rings. The lowest BCUT2D eigenvalue weighted by atomic mass is 10.0. The number of ether oxygens (including phenoxy) is 1. The summed E-state index contributed by atoms with van der Waals surface area (Å²) in [6, 6.07) is 7.22. The van der Waals surface area contributed by atoms with Gasteiger partial charge in [0, 0.05) is 61.3 Å². The molecule has 1 amide bonds. The van der Waals surface area contributed by atoms with Crippen LogP contribution in [0.4, 0.5) is 17.6 Å². The van der Waals surface area contributed by atoms with Crippen molar-refractivity contribution in [3.63, 3.8) is 0 Å². The van der Waals surface area contributed by atoms with Gasteiger partial charge in [-0.1, -0.05) is 6.07 Å². The molecule has 5 aliphatic rings. The summed E-state index contributed by atoms with van der Waals surface area (Å²) in [5.74, 6) is 2.67. The third kappa shape index (κ3) is 4.87. The summed E-state index contributed by atoms with van der Waals surface area (Å²) in [6.07, 6.45) is 8.95. The van der Waals surface area contributed by atoms with E-state index in [1.54, 1.807) is 0 Å². The fraction of sp³-hybridized carbons (Fsp3) is 0.581. The molecule has 3 aromatic heterocycles. The van der Waals surface area contributed by atoms with Gasteiger partial charge >= 0.3 is 0 Å². The molecule has 8 rings (SSSR count). The second-order valence-corrected chi connectivity index (χ2v) is 12.6. The molecule has 11 nitrogen and oxygen atoms in total. The minimum absolute atomic E-state index is 0.116. The van der Waals surface area contributed by atoms with Crippen molar-refractivity contribution in [2.75, 3.05) is 49.6 Å². The zero-order chi connectivity index (χ0) is 28.2. The Morgan fingerprint density at radius 2 is 1.88 bits per heavy atom. The van der Waals surface area contributed by atoms with Gasteiger partial charge in [-0.3, -0.25) is 9.69 Å². The first-order chi connectivity index (χ1) is 20.6. The molecule has 0 spiro atoms. The van der Waals surface area contributed by atoms with Crippen molar-refractivity contribution >= 4 is 34.4 Å². The van der Waals surface area contributed by atoms with Crippen LogP contribution in [-0.2, 0) is 22.5 Å². The van der Waals surface area contributed by atoms with Crippen LogP contribution >= 0.6 is 0 Å². The monoisotopic (exact) mass is 570 g/mol. The molecule has 1 atom stereocenters. The van der Waals surface area contributed by atoms with Crippen LogP contribution < -0.4 is 10.2 Å². The molecule has 5 aliphatic heterocycles. The minimum Gasteiger partial charge on any atom is -0.392 e. The van der Waals surface area contributed by atoms with E-state index in [0.29, 0.717) is 62.4 Å². The molecule has 4 saturated heterocycles. The van der Waals surface area contributed by atoms with Gasteiger partial charge in [0.05, 0.1) is 31.6 Å². The zero-order valence-corrected chi connectivity index (χ0v) is 23.9. The first-order valence-electron chi connectivity index (χ1n) is 15.5. The number of likely N-dealkylation sites (tertiary alicyclic amines) is 1. The fourth-order valence-corrected chi connectivity index (χ4v) is 7.44. The lowest BCUT2D eigenvalue weighted by Crippen LogP contribution is -2.46. The van der Waals surface area contributed by atoms with Gasteiger partial charge in [0.25, 0.3) is 0 Å². The van der Waals surface area contributed by atoms with E-state index < -0.39 is 0 Å². The number of amides is 1. The molecule has 0 aliphatic carbocycles. The number of aliphatic hydroxyl groups excluding tert-OH is 1. The van der Waals surface area contributed by atoms with Gasteiger partial charge < -0.3 is 25.0 Å². The number of hydrogen-bond acceptors (Lipinski definition) is 10. The van der Waals surface area contributed by atoms with Crippen molar-refractivity contribution in [3.8, 4) is 0 Å². The highest BCUT2D eigenvalue weighted by Crippen LogP contribution is 2.43. The number of pyridine rings is 2. The van der Waals surface area contributed by atoms with E-state index in [4.69, 9.17) is 19.7 Å². The predicted octanol–water partition coefficient (Wildman–Crippen LogP) is 2.75. The molecule has 3 aromatic rings. The van der Waals surface area contributed by atoms with E-state index in [1.165, 1.54) is 25.7 Å². The van der Waals surface area contributed by atoms with Crippen LogP contribution in [0.25, 0.3) is 10.9 Å². The topological polar surface area (TPSA) is 120 Å². The lowest BCUT2D eigenvalue weighted by molar-refractivity contribution is -0.134. The van der Waals surface area contributed by atoms with E-state index in [1.807, 2.05) is 17.2 Å². The van der Waals surface area contributed by atoms with Crippen molar-refractivity contribution in [2.45, 2.75) is 75.6 Å². The van der Waals surface area contributed by atoms with Crippen LogP contribution in [0, 0.1) is 0 Å². The maximum Gasteiger partial charge on any atom is 0.237 e. The largest absolute Gasteiger partial charge is 0.392 e. The van der Waals surface area contributed by atoms with E-state index in [-0.39, 0.29) is 12.0 Å². The number of β-amino-alcohol motifs (C(OH)–C–C–N with tert-alkyl or cyclic N) is 1. The number of fused-ring (bicyclic) bond motifs is 4. The van der Waals surface area contributed by atoms with Crippen molar-refractivity contribution in [3.05, 3.63) is 41.3 Å². The van der Waals surface area contributed by atoms with Crippen LogP contribution in [0.15, 0.2) is 24.4 Å². The summed E-state index contributed by atoms with van der Waals surface area (Å²) in [7, 11) is 0. The van der Waals surface area contributed by atoms with Crippen LogP contribution in [0.5, 0.6) is 0 Å². The number of carbonyl (C=O) groups excluding carboxylic acids is 1. The Morgan fingerprint density at radius 3 is 2.64 bits per heavy atom. The Kier molecular flexibility index (Phi) is 6.68. The van der Waals surface area contributed by atoms with Crippen molar-refractivity contribution in [2.24, 2.45) is 0 Å². The predicted molar refractivity (Wildman–Crippen MR) is 158 cm³/mol. The Hall–Kier alpha value is -3.41. The highest BCUT2D eigenvalue weighted by molar-refractivity contribution is 5.90.